The molecule has 1 aromatic carbocycles. The average molecular weight is 276 g/mol. The number of aryl methyl sites for hydroxylation is 2. The Hall–Kier alpha value is -1.61. The monoisotopic (exact) mass is 275 g/mol. The molecule has 0 spiro atoms. The molecule has 2 N–H and O–H groups in total. The van der Waals surface area contributed by atoms with Crippen molar-refractivity contribution in [2.45, 2.75) is 33.6 Å². The van der Waals surface area contributed by atoms with E-state index in [0.29, 0.717) is 5.82 Å². The Morgan fingerprint density at radius 2 is 1.95 bits per heavy atom. The molecule has 3 nitrogen and oxygen atoms in total. The van der Waals surface area contributed by atoms with E-state index < -0.39 is 0 Å². The van der Waals surface area contributed by atoms with Gasteiger partial charge in [-0.05, 0) is 31.9 Å². The lowest BCUT2D eigenvalue weighted by Gasteiger charge is -2.11. The fraction of sp³-hybridized carbons (Fsp3) is 0.333. The van der Waals surface area contributed by atoms with Gasteiger partial charge in [0.15, 0.2) is 0 Å². The second-order valence-corrected chi connectivity index (χ2v) is 5.12. The zero-order chi connectivity index (χ0) is 14.0. The van der Waals surface area contributed by atoms with Crippen LogP contribution < -0.4 is 5.73 Å². The second kappa shape index (κ2) is 5.57. The minimum atomic E-state index is 0.546. The highest BCUT2D eigenvalue weighted by Crippen LogP contribution is 2.28. The number of rotatable bonds is 3. The molecule has 2 rings (SSSR count). The average Bonchev–Trinajstić information content (AvgIpc) is 2.37. The van der Waals surface area contributed by atoms with Crippen LogP contribution in [0.25, 0.3) is 11.3 Å². The minimum Gasteiger partial charge on any atom is -0.383 e. The lowest BCUT2D eigenvalue weighted by molar-refractivity contribution is 0.836. The van der Waals surface area contributed by atoms with Gasteiger partial charge in [0.2, 0.25) is 0 Å². The van der Waals surface area contributed by atoms with Crippen LogP contribution in [0.15, 0.2) is 18.2 Å². The highest BCUT2D eigenvalue weighted by atomic mass is 35.5. The van der Waals surface area contributed by atoms with Crippen LogP contribution in [0.2, 0.25) is 5.02 Å². The van der Waals surface area contributed by atoms with Crippen LogP contribution in [0.3, 0.4) is 0 Å². The summed E-state index contributed by atoms with van der Waals surface area (Å²) in [4.78, 5) is 8.94. The van der Waals surface area contributed by atoms with Gasteiger partial charge in [0.1, 0.15) is 11.6 Å². The fourth-order valence-electron chi connectivity index (χ4n) is 1.94. The van der Waals surface area contributed by atoms with Crippen LogP contribution in [-0.4, -0.2) is 9.97 Å². The summed E-state index contributed by atoms with van der Waals surface area (Å²) < 4.78 is 0. The fourth-order valence-corrected chi connectivity index (χ4v) is 2.12. The van der Waals surface area contributed by atoms with Crippen LogP contribution in [-0.2, 0) is 6.42 Å². The van der Waals surface area contributed by atoms with Crippen molar-refractivity contribution in [1.82, 2.24) is 9.97 Å². The molecule has 0 saturated carbocycles. The summed E-state index contributed by atoms with van der Waals surface area (Å²) in [5.74, 6) is 1.34. The highest BCUT2D eigenvalue weighted by Gasteiger charge is 2.11. The molecular formula is C15H18ClN3. The third-order valence-corrected chi connectivity index (χ3v) is 3.56. The SMILES string of the molecule is CCCc1nc(N)c(C)c(-c2ccc(C)c(Cl)c2)n1. The van der Waals surface area contributed by atoms with Crippen molar-refractivity contribution in [3.63, 3.8) is 0 Å². The van der Waals surface area contributed by atoms with Gasteiger partial charge in [-0.1, -0.05) is 30.7 Å². The number of aromatic nitrogens is 2. The Kier molecular flexibility index (Phi) is 4.05. The van der Waals surface area contributed by atoms with Crippen molar-refractivity contribution in [2.24, 2.45) is 0 Å². The lowest BCUT2D eigenvalue weighted by Crippen LogP contribution is -2.05. The lowest BCUT2D eigenvalue weighted by atomic mass is 10.1. The van der Waals surface area contributed by atoms with Crippen molar-refractivity contribution < 1.29 is 0 Å². The maximum atomic E-state index is 6.18. The Balaban J connectivity index is 2.56. The van der Waals surface area contributed by atoms with Crippen LogP contribution in [0.4, 0.5) is 5.82 Å². The summed E-state index contributed by atoms with van der Waals surface area (Å²) in [6, 6.07) is 5.95. The number of anilines is 1. The molecule has 0 aliphatic heterocycles. The van der Waals surface area contributed by atoms with Crippen molar-refractivity contribution in [3.05, 3.63) is 40.2 Å². The van der Waals surface area contributed by atoms with Gasteiger partial charge in [0, 0.05) is 22.6 Å². The van der Waals surface area contributed by atoms with E-state index in [0.717, 1.165) is 46.1 Å². The first kappa shape index (κ1) is 13.8. The van der Waals surface area contributed by atoms with Gasteiger partial charge in [-0.3, -0.25) is 0 Å². The molecule has 0 atom stereocenters. The van der Waals surface area contributed by atoms with E-state index in [1.54, 1.807) is 0 Å². The number of nitrogens with zero attached hydrogens (tertiary/aromatic N) is 2. The first-order valence-corrected chi connectivity index (χ1v) is 6.80. The normalized spacial score (nSPS) is 10.7. The third kappa shape index (κ3) is 2.87. The van der Waals surface area contributed by atoms with E-state index in [1.807, 2.05) is 32.0 Å². The summed E-state index contributed by atoms with van der Waals surface area (Å²) in [5, 5.41) is 0.742. The number of hydrogen-bond donors (Lipinski definition) is 1. The molecule has 1 heterocycles. The summed E-state index contributed by atoms with van der Waals surface area (Å²) in [7, 11) is 0. The second-order valence-electron chi connectivity index (χ2n) is 4.71. The van der Waals surface area contributed by atoms with E-state index in [4.69, 9.17) is 17.3 Å². The quantitative estimate of drug-likeness (QED) is 0.923. The van der Waals surface area contributed by atoms with Crippen LogP contribution in [0, 0.1) is 13.8 Å². The van der Waals surface area contributed by atoms with Crippen molar-refractivity contribution in [1.29, 1.82) is 0 Å². The third-order valence-electron chi connectivity index (χ3n) is 3.15. The molecule has 100 valence electrons. The zero-order valence-corrected chi connectivity index (χ0v) is 12.3. The number of benzene rings is 1. The standard InChI is InChI=1S/C15H18ClN3/c1-4-5-13-18-14(10(3)15(17)19-13)11-7-6-9(2)12(16)8-11/h6-8H,4-5H2,1-3H3,(H2,17,18,19). The predicted octanol–water partition coefficient (Wildman–Crippen LogP) is 3.95. The van der Waals surface area contributed by atoms with E-state index in [1.165, 1.54) is 0 Å². The topological polar surface area (TPSA) is 51.8 Å². The Bertz CT molecular complexity index is 609. The Morgan fingerprint density at radius 3 is 2.58 bits per heavy atom. The largest absolute Gasteiger partial charge is 0.383 e. The molecule has 2 aromatic rings. The van der Waals surface area contributed by atoms with Gasteiger partial charge >= 0.3 is 0 Å². The molecule has 0 fully saturated rings. The highest BCUT2D eigenvalue weighted by molar-refractivity contribution is 6.31. The maximum absolute atomic E-state index is 6.18. The summed E-state index contributed by atoms with van der Waals surface area (Å²) in [6.07, 6.45) is 1.83. The Labute approximate surface area is 118 Å². The van der Waals surface area contributed by atoms with Gasteiger partial charge in [0.05, 0.1) is 5.69 Å². The molecule has 0 aliphatic carbocycles. The number of halogens is 1. The molecule has 0 aliphatic rings. The zero-order valence-electron chi connectivity index (χ0n) is 11.5. The molecule has 4 heteroatoms. The predicted molar refractivity (Wildman–Crippen MR) is 80.4 cm³/mol. The first-order valence-electron chi connectivity index (χ1n) is 6.42. The summed E-state index contributed by atoms with van der Waals surface area (Å²) in [6.45, 7) is 6.02. The maximum Gasteiger partial charge on any atom is 0.131 e. The number of nitrogen functional groups attached to an aromatic ring is 1. The van der Waals surface area contributed by atoms with Crippen LogP contribution in [0.5, 0.6) is 0 Å². The van der Waals surface area contributed by atoms with E-state index >= 15 is 0 Å². The van der Waals surface area contributed by atoms with E-state index in [2.05, 4.69) is 16.9 Å². The van der Waals surface area contributed by atoms with Gasteiger partial charge in [0.25, 0.3) is 0 Å². The van der Waals surface area contributed by atoms with Gasteiger partial charge in [-0.15, -0.1) is 0 Å². The van der Waals surface area contributed by atoms with Crippen LogP contribution >= 0.6 is 11.6 Å². The van der Waals surface area contributed by atoms with Crippen LogP contribution in [0.1, 0.15) is 30.3 Å². The molecule has 0 amide bonds. The van der Waals surface area contributed by atoms with Crippen molar-refractivity contribution in [3.8, 4) is 11.3 Å². The molecular weight excluding hydrogens is 258 g/mol. The van der Waals surface area contributed by atoms with Crippen molar-refractivity contribution >= 4 is 17.4 Å². The van der Waals surface area contributed by atoms with E-state index in [9.17, 15) is 0 Å². The number of nitrogens with two attached hydrogens (primary N) is 1. The molecule has 0 radical (unpaired) electrons. The molecule has 0 bridgehead atoms. The van der Waals surface area contributed by atoms with Gasteiger partial charge in [-0.25, -0.2) is 9.97 Å². The first-order chi connectivity index (χ1) is 9.02. The molecule has 0 saturated heterocycles. The summed E-state index contributed by atoms with van der Waals surface area (Å²) in [5.41, 5.74) is 9.79. The van der Waals surface area contributed by atoms with Crippen molar-refractivity contribution in [2.75, 3.05) is 5.73 Å². The Morgan fingerprint density at radius 1 is 1.21 bits per heavy atom. The summed E-state index contributed by atoms with van der Waals surface area (Å²) >= 11 is 6.18. The smallest absolute Gasteiger partial charge is 0.131 e. The molecule has 0 unspecified atom stereocenters. The van der Waals surface area contributed by atoms with E-state index in [-0.39, 0.29) is 0 Å². The number of hydrogen-bond acceptors (Lipinski definition) is 3. The van der Waals surface area contributed by atoms with Gasteiger partial charge in [-0.2, -0.15) is 0 Å². The minimum absolute atomic E-state index is 0.546. The van der Waals surface area contributed by atoms with Gasteiger partial charge < -0.3 is 5.73 Å². The molecule has 19 heavy (non-hydrogen) atoms. The molecule has 1 aromatic heterocycles.